The van der Waals surface area contributed by atoms with E-state index in [0.717, 1.165) is 35.8 Å². The van der Waals surface area contributed by atoms with E-state index in [0.29, 0.717) is 11.3 Å². The molecule has 0 unspecified atom stereocenters. The molecule has 1 aliphatic carbocycles. The molecule has 0 N–H and O–H groups in total. The number of benzene rings is 1. The maximum atomic E-state index is 13.5. The van der Waals surface area contributed by atoms with Gasteiger partial charge < -0.3 is 0 Å². The lowest BCUT2D eigenvalue weighted by Gasteiger charge is -2.36. The van der Waals surface area contributed by atoms with Crippen molar-refractivity contribution in [2.45, 2.75) is 49.3 Å². The number of thiophene rings is 1. The molecule has 3 aliphatic rings. The zero-order valence-corrected chi connectivity index (χ0v) is 18.5. The molecule has 3 atom stereocenters. The van der Waals surface area contributed by atoms with Gasteiger partial charge in [0.25, 0.3) is 18.1 Å². The van der Waals surface area contributed by atoms with Crippen LogP contribution in [0.5, 0.6) is 0 Å². The first-order chi connectivity index (χ1) is 15.6. The monoisotopic (exact) mass is 471 g/mol. The summed E-state index contributed by atoms with van der Waals surface area (Å²) in [5, 5.41) is 7.45. The van der Waals surface area contributed by atoms with Crippen molar-refractivity contribution in [3.8, 4) is 0 Å². The predicted octanol–water partition coefficient (Wildman–Crippen LogP) is 5.48. The van der Waals surface area contributed by atoms with Crippen LogP contribution in [0.15, 0.2) is 42.0 Å². The standard InChI is InChI=1S/C22H19F2N5OS2/c23-20(24)16-10-17(28-22(27-16)25-11-26-28)15-4-2-14-3-6-19(15)32-29(14)21(30)13-1-5-18-12(9-13)7-8-31-18/h1,5,7-11,14-15,19-20H,2-4,6H2/t14-,15+,19-/m0/s1. The molecule has 1 amide bonds. The van der Waals surface area contributed by atoms with Crippen LogP contribution >= 0.6 is 23.3 Å². The maximum Gasteiger partial charge on any atom is 0.280 e. The van der Waals surface area contributed by atoms with E-state index in [1.807, 2.05) is 34.0 Å². The fraction of sp³-hybridized carbons (Fsp3) is 0.364. The fourth-order valence-electron chi connectivity index (χ4n) is 4.86. The zero-order chi connectivity index (χ0) is 21.8. The maximum absolute atomic E-state index is 13.5. The minimum Gasteiger partial charge on any atom is -0.279 e. The van der Waals surface area contributed by atoms with E-state index in [2.05, 4.69) is 15.1 Å². The third-order valence-electron chi connectivity index (χ3n) is 6.43. The minimum absolute atomic E-state index is 0.00754. The molecule has 3 fully saturated rings. The van der Waals surface area contributed by atoms with Crippen LogP contribution in [-0.4, -0.2) is 41.1 Å². The molecule has 10 heteroatoms. The number of carbonyl (C=O) groups is 1. The second-order valence-corrected chi connectivity index (χ2v) is 10.4. The predicted molar refractivity (Wildman–Crippen MR) is 120 cm³/mol. The molecule has 6 nitrogen and oxygen atoms in total. The van der Waals surface area contributed by atoms with E-state index < -0.39 is 6.43 Å². The molecule has 5 heterocycles. The van der Waals surface area contributed by atoms with Crippen molar-refractivity contribution < 1.29 is 13.6 Å². The number of alkyl halides is 2. The van der Waals surface area contributed by atoms with Crippen LogP contribution in [-0.2, 0) is 0 Å². The number of aromatic nitrogens is 4. The smallest absolute Gasteiger partial charge is 0.279 e. The minimum atomic E-state index is -2.67. The van der Waals surface area contributed by atoms with Gasteiger partial charge in [-0.15, -0.1) is 11.3 Å². The first-order valence-electron chi connectivity index (χ1n) is 10.5. The van der Waals surface area contributed by atoms with Crippen molar-refractivity contribution in [2.24, 2.45) is 0 Å². The molecule has 32 heavy (non-hydrogen) atoms. The van der Waals surface area contributed by atoms with E-state index >= 15 is 0 Å². The fourth-order valence-corrected chi connectivity index (χ4v) is 7.17. The first kappa shape index (κ1) is 20.0. The number of hydrogen-bond acceptors (Lipinski definition) is 6. The van der Waals surface area contributed by atoms with Crippen LogP contribution in [0, 0.1) is 0 Å². The van der Waals surface area contributed by atoms with Gasteiger partial charge in [0.15, 0.2) is 0 Å². The Morgan fingerprint density at radius 3 is 2.88 bits per heavy atom. The molecule has 2 saturated heterocycles. The number of nitrogens with zero attached hydrogens (tertiary/aromatic N) is 5. The Bertz CT molecular complexity index is 1320. The number of fused-ring (bicyclic) bond motifs is 6. The van der Waals surface area contributed by atoms with E-state index in [1.54, 1.807) is 27.8 Å². The van der Waals surface area contributed by atoms with Gasteiger partial charge in [0.05, 0.1) is 5.69 Å². The lowest BCUT2D eigenvalue weighted by atomic mass is 9.95. The van der Waals surface area contributed by atoms with Gasteiger partial charge in [0, 0.05) is 27.5 Å². The summed E-state index contributed by atoms with van der Waals surface area (Å²) in [7, 11) is 0. The first-order valence-corrected chi connectivity index (χ1v) is 12.3. The quantitative estimate of drug-likeness (QED) is 0.371. The normalized spacial score (nSPS) is 23.3. The second kappa shape index (κ2) is 7.77. The summed E-state index contributed by atoms with van der Waals surface area (Å²) in [4.78, 5) is 21.4. The highest BCUT2D eigenvalue weighted by Crippen LogP contribution is 2.48. The Morgan fingerprint density at radius 1 is 1.12 bits per heavy atom. The van der Waals surface area contributed by atoms with Crippen LogP contribution in [0.3, 0.4) is 0 Å². The summed E-state index contributed by atoms with van der Waals surface area (Å²) in [5.74, 6) is 0.206. The van der Waals surface area contributed by atoms with Gasteiger partial charge in [-0.25, -0.2) is 18.3 Å². The molecule has 7 rings (SSSR count). The van der Waals surface area contributed by atoms with Crippen LogP contribution in [0.1, 0.15) is 59.8 Å². The second-order valence-electron chi connectivity index (χ2n) is 8.24. The van der Waals surface area contributed by atoms with Crippen molar-refractivity contribution >= 4 is 45.1 Å². The van der Waals surface area contributed by atoms with Crippen molar-refractivity contribution in [2.75, 3.05) is 0 Å². The van der Waals surface area contributed by atoms with E-state index in [1.165, 1.54) is 12.4 Å². The molecule has 164 valence electrons. The number of rotatable bonds is 3. The van der Waals surface area contributed by atoms with Crippen LogP contribution < -0.4 is 0 Å². The summed E-state index contributed by atoms with van der Waals surface area (Å²) in [6.45, 7) is 0. The molecular formula is C22H19F2N5OS2. The number of hydrogen-bond donors (Lipinski definition) is 0. The van der Waals surface area contributed by atoms with Crippen LogP contribution in [0.2, 0.25) is 0 Å². The Hall–Kier alpha value is -2.59. The topological polar surface area (TPSA) is 63.4 Å². The van der Waals surface area contributed by atoms with Gasteiger partial charge in [-0.05, 0) is 78.7 Å². The van der Waals surface area contributed by atoms with E-state index in [4.69, 9.17) is 0 Å². The van der Waals surface area contributed by atoms with Gasteiger partial charge >= 0.3 is 0 Å². The molecule has 4 aromatic rings. The largest absolute Gasteiger partial charge is 0.280 e. The highest BCUT2D eigenvalue weighted by Gasteiger charge is 2.42. The van der Waals surface area contributed by atoms with Crippen LogP contribution in [0.4, 0.5) is 8.78 Å². The lowest BCUT2D eigenvalue weighted by molar-refractivity contribution is 0.0821. The molecule has 1 saturated carbocycles. The molecule has 3 aromatic heterocycles. The molecule has 1 aromatic carbocycles. The molecule has 2 aliphatic heterocycles. The van der Waals surface area contributed by atoms with E-state index in [9.17, 15) is 13.6 Å². The number of carbonyl (C=O) groups excluding carboxylic acids is 1. The Kier molecular flexibility index (Phi) is 4.87. The third-order valence-corrected chi connectivity index (χ3v) is 8.85. The zero-order valence-electron chi connectivity index (χ0n) is 16.9. The average Bonchev–Trinajstić information content (AvgIpc) is 3.39. The molecular weight excluding hydrogens is 452 g/mol. The summed E-state index contributed by atoms with van der Waals surface area (Å²) in [5.41, 5.74) is 1.12. The highest BCUT2D eigenvalue weighted by molar-refractivity contribution is 7.98. The summed E-state index contributed by atoms with van der Waals surface area (Å²) in [6.07, 6.45) is 2.14. The molecule has 0 radical (unpaired) electrons. The van der Waals surface area contributed by atoms with Crippen molar-refractivity contribution in [1.82, 2.24) is 23.9 Å². The van der Waals surface area contributed by atoms with E-state index in [-0.39, 0.29) is 34.6 Å². The van der Waals surface area contributed by atoms with Crippen molar-refractivity contribution in [3.05, 3.63) is 59.0 Å². The van der Waals surface area contributed by atoms with Crippen LogP contribution in [0.25, 0.3) is 15.9 Å². The Morgan fingerprint density at radius 2 is 2.00 bits per heavy atom. The number of halogens is 2. The van der Waals surface area contributed by atoms with Gasteiger partial charge in [0.1, 0.15) is 12.0 Å². The van der Waals surface area contributed by atoms with Gasteiger partial charge in [-0.2, -0.15) is 10.1 Å². The van der Waals surface area contributed by atoms with Gasteiger partial charge in [0.2, 0.25) is 0 Å². The summed E-state index contributed by atoms with van der Waals surface area (Å²) < 4.78 is 31.6. The van der Waals surface area contributed by atoms with Gasteiger partial charge in [-0.1, -0.05) is 0 Å². The third kappa shape index (κ3) is 3.27. The highest BCUT2D eigenvalue weighted by atomic mass is 32.2. The Balaban J connectivity index is 1.34. The lowest BCUT2D eigenvalue weighted by Crippen LogP contribution is -2.39. The summed E-state index contributed by atoms with van der Waals surface area (Å²) in [6, 6.07) is 9.49. The number of amides is 1. The van der Waals surface area contributed by atoms with Crippen molar-refractivity contribution in [3.63, 3.8) is 0 Å². The SMILES string of the molecule is O=C(c1ccc2sccc2c1)N1S[C@H]2CC[C@@H]1CC[C@@H]2c1cc(C(F)F)nc2ncnn12. The van der Waals surface area contributed by atoms with Crippen molar-refractivity contribution in [1.29, 1.82) is 0 Å². The summed E-state index contributed by atoms with van der Waals surface area (Å²) >= 11 is 3.22. The average molecular weight is 472 g/mol. The molecule has 2 bridgehead atoms. The molecule has 0 spiro atoms. The van der Waals surface area contributed by atoms with Gasteiger partial charge in [-0.3, -0.25) is 9.10 Å². The Labute approximate surface area is 190 Å².